The van der Waals surface area contributed by atoms with Gasteiger partial charge in [0, 0.05) is 36.6 Å². The number of nitrogens with one attached hydrogen (secondary N) is 2. The molecule has 5 rings (SSSR count). The number of hydrogen-bond acceptors (Lipinski definition) is 4. The number of rotatable bonds is 2. The molecule has 3 aliphatic heterocycles. The first-order valence-electron chi connectivity index (χ1n) is 7.32. The number of carbonyl (C=O) groups excluding carboxylic acids is 1. The molecule has 1 aromatic carbocycles. The number of aromatic amines is 1. The highest BCUT2D eigenvalue weighted by molar-refractivity contribution is 6.05. The summed E-state index contributed by atoms with van der Waals surface area (Å²) in [5.41, 5.74) is 1.35. The Morgan fingerprint density at radius 3 is 3.00 bits per heavy atom. The second-order valence-electron chi connectivity index (χ2n) is 5.78. The molecule has 2 N–H and O–H groups in total. The summed E-state index contributed by atoms with van der Waals surface area (Å²) < 4.78 is 5.20. The molecule has 2 unspecified atom stereocenters. The molecule has 21 heavy (non-hydrogen) atoms. The van der Waals surface area contributed by atoms with Gasteiger partial charge in [0.2, 0.25) is 0 Å². The van der Waals surface area contributed by atoms with Gasteiger partial charge in [-0.1, -0.05) is 0 Å². The first-order chi connectivity index (χ1) is 10.3. The molecular weight excluding hydrogens is 268 g/mol. The SMILES string of the molecule is COc1ccc2c(C(=O)N3CC4CCC3CN4)n[nH]c2c1. The minimum Gasteiger partial charge on any atom is -0.497 e. The molecular formula is C15H18N4O2. The number of amides is 1. The van der Waals surface area contributed by atoms with Crippen LogP contribution < -0.4 is 10.1 Å². The van der Waals surface area contributed by atoms with Crippen LogP contribution in [-0.2, 0) is 0 Å². The van der Waals surface area contributed by atoms with Crippen molar-refractivity contribution in [2.24, 2.45) is 0 Å². The summed E-state index contributed by atoms with van der Waals surface area (Å²) in [6, 6.07) is 6.35. The molecule has 1 aromatic heterocycles. The van der Waals surface area contributed by atoms with Crippen LogP contribution >= 0.6 is 0 Å². The Balaban J connectivity index is 1.68. The molecule has 0 spiro atoms. The molecule has 6 nitrogen and oxygen atoms in total. The van der Waals surface area contributed by atoms with Crippen molar-refractivity contribution in [1.82, 2.24) is 20.4 Å². The van der Waals surface area contributed by atoms with Crippen molar-refractivity contribution in [1.29, 1.82) is 0 Å². The van der Waals surface area contributed by atoms with E-state index in [-0.39, 0.29) is 5.91 Å². The Morgan fingerprint density at radius 2 is 2.33 bits per heavy atom. The summed E-state index contributed by atoms with van der Waals surface area (Å²) in [5, 5.41) is 11.5. The van der Waals surface area contributed by atoms with Crippen LogP contribution in [0.3, 0.4) is 0 Å². The Hall–Kier alpha value is -2.08. The first-order valence-corrected chi connectivity index (χ1v) is 7.32. The fraction of sp³-hybridized carbons (Fsp3) is 0.467. The quantitative estimate of drug-likeness (QED) is 0.869. The minimum absolute atomic E-state index is 0.0302. The predicted molar refractivity (Wildman–Crippen MR) is 78.5 cm³/mol. The maximum atomic E-state index is 12.8. The van der Waals surface area contributed by atoms with E-state index in [1.54, 1.807) is 7.11 Å². The number of nitrogens with zero attached hydrogens (tertiary/aromatic N) is 2. The lowest BCUT2D eigenvalue weighted by atomic mass is 9.92. The molecule has 3 aliphatic rings. The lowest BCUT2D eigenvalue weighted by Gasteiger charge is -2.45. The number of hydrogen-bond donors (Lipinski definition) is 2. The van der Waals surface area contributed by atoms with E-state index in [4.69, 9.17) is 4.74 Å². The van der Waals surface area contributed by atoms with Crippen LogP contribution in [0.1, 0.15) is 23.3 Å². The second kappa shape index (κ2) is 4.73. The summed E-state index contributed by atoms with van der Waals surface area (Å²) in [7, 11) is 1.63. The van der Waals surface area contributed by atoms with Gasteiger partial charge in [-0.25, -0.2) is 0 Å². The molecule has 2 atom stereocenters. The van der Waals surface area contributed by atoms with Crippen LogP contribution in [0.15, 0.2) is 18.2 Å². The lowest BCUT2D eigenvalue weighted by molar-refractivity contribution is 0.0437. The fourth-order valence-corrected chi connectivity index (χ4v) is 3.38. The number of ether oxygens (including phenoxy) is 1. The van der Waals surface area contributed by atoms with Crippen LogP contribution in [0.5, 0.6) is 5.75 Å². The van der Waals surface area contributed by atoms with Crippen molar-refractivity contribution >= 4 is 16.8 Å². The highest BCUT2D eigenvalue weighted by Gasteiger charge is 2.37. The van der Waals surface area contributed by atoms with Gasteiger partial charge in [0.1, 0.15) is 5.75 Å². The molecule has 0 aliphatic carbocycles. The van der Waals surface area contributed by atoms with Gasteiger partial charge in [0.15, 0.2) is 5.69 Å². The second-order valence-corrected chi connectivity index (χ2v) is 5.78. The third kappa shape index (κ3) is 1.98. The number of methoxy groups -OCH3 is 1. The first kappa shape index (κ1) is 12.6. The molecule has 3 fully saturated rings. The van der Waals surface area contributed by atoms with Gasteiger partial charge in [-0.3, -0.25) is 9.89 Å². The highest BCUT2D eigenvalue weighted by atomic mass is 16.5. The van der Waals surface area contributed by atoms with E-state index in [1.807, 2.05) is 23.1 Å². The molecule has 4 heterocycles. The van der Waals surface area contributed by atoms with Gasteiger partial charge < -0.3 is 15.0 Å². The van der Waals surface area contributed by atoms with Crippen LogP contribution in [0.2, 0.25) is 0 Å². The molecule has 1 amide bonds. The largest absolute Gasteiger partial charge is 0.497 e. The van der Waals surface area contributed by atoms with Gasteiger partial charge in [-0.2, -0.15) is 5.10 Å². The zero-order valence-electron chi connectivity index (χ0n) is 11.9. The van der Waals surface area contributed by atoms with Gasteiger partial charge in [0.25, 0.3) is 5.91 Å². The van der Waals surface area contributed by atoms with Gasteiger partial charge in [0.05, 0.1) is 12.6 Å². The number of piperazine rings is 1. The summed E-state index contributed by atoms with van der Waals surface area (Å²) in [6.45, 7) is 1.68. The molecule has 0 saturated carbocycles. The van der Waals surface area contributed by atoms with E-state index in [9.17, 15) is 4.79 Å². The minimum atomic E-state index is 0.0302. The fourth-order valence-electron chi connectivity index (χ4n) is 3.38. The smallest absolute Gasteiger partial charge is 0.275 e. The third-order valence-electron chi connectivity index (χ3n) is 4.58. The molecule has 2 aromatic rings. The van der Waals surface area contributed by atoms with Crippen molar-refractivity contribution in [3.63, 3.8) is 0 Å². The zero-order chi connectivity index (χ0) is 14.4. The van der Waals surface area contributed by atoms with E-state index in [2.05, 4.69) is 15.5 Å². The normalized spacial score (nSPS) is 24.5. The Bertz CT molecular complexity index is 688. The lowest BCUT2D eigenvalue weighted by Crippen LogP contribution is -2.62. The Morgan fingerprint density at radius 1 is 1.43 bits per heavy atom. The average molecular weight is 286 g/mol. The van der Waals surface area contributed by atoms with Crippen molar-refractivity contribution in [3.8, 4) is 5.75 Å². The number of aromatic nitrogens is 2. The monoisotopic (exact) mass is 286 g/mol. The maximum absolute atomic E-state index is 12.8. The number of H-pyrrole nitrogens is 1. The average Bonchev–Trinajstić information content (AvgIpc) is 2.98. The summed E-state index contributed by atoms with van der Waals surface area (Å²) in [5.74, 6) is 0.786. The maximum Gasteiger partial charge on any atom is 0.275 e. The summed E-state index contributed by atoms with van der Waals surface area (Å²) >= 11 is 0. The van der Waals surface area contributed by atoms with Gasteiger partial charge in [-0.05, 0) is 25.0 Å². The highest BCUT2D eigenvalue weighted by Crippen LogP contribution is 2.27. The predicted octanol–water partition coefficient (Wildman–Crippen LogP) is 1.15. The van der Waals surface area contributed by atoms with E-state index in [0.717, 1.165) is 42.6 Å². The van der Waals surface area contributed by atoms with E-state index < -0.39 is 0 Å². The molecule has 110 valence electrons. The standard InChI is InChI=1S/C15H18N4O2/c1-21-11-4-5-12-13(6-11)17-18-14(12)15(20)19-8-9-2-3-10(19)7-16-9/h4-6,9-10,16H,2-3,7-8H2,1H3,(H,17,18). The Kier molecular flexibility index (Phi) is 2.85. The zero-order valence-corrected chi connectivity index (χ0v) is 11.9. The number of benzene rings is 1. The van der Waals surface area contributed by atoms with E-state index in [1.165, 1.54) is 0 Å². The van der Waals surface area contributed by atoms with Crippen LogP contribution in [0.25, 0.3) is 10.9 Å². The van der Waals surface area contributed by atoms with Crippen LogP contribution in [-0.4, -0.2) is 53.3 Å². The third-order valence-corrected chi connectivity index (χ3v) is 4.58. The van der Waals surface area contributed by atoms with E-state index >= 15 is 0 Å². The molecule has 3 saturated heterocycles. The van der Waals surface area contributed by atoms with E-state index in [0.29, 0.717) is 17.8 Å². The van der Waals surface area contributed by atoms with Crippen molar-refractivity contribution in [2.45, 2.75) is 24.9 Å². The van der Waals surface area contributed by atoms with Crippen LogP contribution in [0.4, 0.5) is 0 Å². The number of piperidine rings is 2. The molecule has 2 bridgehead atoms. The van der Waals surface area contributed by atoms with Crippen molar-refractivity contribution in [2.75, 3.05) is 20.2 Å². The molecule has 6 heteroatoms. The van der Waals surface area contributed by atoms with Crippen LogP contribution in [0, 0.1) is 0 Å². The van der Waals surface area contributed by atoms with Gasteiger partial charge in [-0.15, -0.1) is 0 Å². The van der Waals surface area contributed by atoms with Crippen molar-refractivity contribution in [3.05, 3.63) is 23.9 Å². The van der Waals surface area contributed by atoms with Gasteiger partial charge >= 0.3 is 0 Å². The number of fused-ring (bicyclic) bond motifs is 4. The topological polar surface area (TPSA) is 70.2 Å². The van der Waals surface area contributed by atoms with Crippen molar-refractivity contribution < 1.29 is 9.53 Å². The Labute approximate surface area is 122 Å². The summed E-state index contributed by atoms with van der Waals surface area (Å²) in [4.78, 5) is 14.8. The summed E-state index contributed by atoms with van der Waals surface area (Å²) in [6.07, 6.45) is 2.24. The molecule has 0 radical (unpaired) electrons. The number of carbonyl (C=O) groups is 1.